The van der Waals surface area contributed by atoms with E-state index in [1.165, 1.54) is 34.6 Å². The van der Waals surface area contributed by atoms with Crippen LogP contribution in [0.15, 0.2) is 41.8 Å². The molecule has 0 aliphatic heterocycles. The van der Waals surface area contributed by atoms with E-state index in [1.807, 2.05) is 0 Å². The highest BCUT2D eigenvalue weighted by molar-refractivity contribution is 7.89. The van der Waals surface area contributed by atoms with Crippen molar-refractivity contribution in [2.45, 2.75) is 30.0 Å². The van der Waals surface area contributed by atoms with Crippen molar-refractivity contribution in [3.05, 3.63) is 42.5 Å². The van der Waals surface area contributed by atoms with Crippen molar-refractivity contribution >= 4 is 15.9 Å². The fraction of sp³-hybridized carbons (Fsp3) is 0.400. The third-order valence-electron chi connectivity index (χ3n) is 3.44. The smallest absolute Gasteiger partial charge is 0.343 e. The Morgan fingerprint density at radius 1 is 1.29 bits per heavy atom. The molecule has 0 saturated heterocycles. The summed E-state index contributed by atoms with van der Waals surface area (Å²) >= 11 is 0. The second kappa shape index (κ2) is 6.94. The van der Waals surface area contributed by atoms with Crippen LogP contribution >= 0.6 is 0 Å². The fourth-order valence-corrected chi connectivity index (χ4v) is 3.79. The van der Waals surface area contributed by atoms with Gasteiger partial charge in [0.05, 0.1) is 4.90 Å². The highest BCUT2D eigenvalue weighted by Gasteiger charge is 2.37. The molecule has 0 atom stereocenters. The summed E-state index contributed by atoms with van der Waals surface area (Å²) in [5, 5.41) is 1.73. The summed E-state index contributed by atoms with van der Waals surface area (Å²) in [4.78, 5) is 11.6. The Bertz CT molecular complexity index is 710. The molecule has 0 heterocycles. The topological polar surface area (TPSA) is 66.5 Å². The lowest BCUT2D eigenvalue weighted by Gasteiger charge is -2.20. The van der Waals surface area contributed by atoms with Crippen molar-refractivity contribution in [3.63, 3.8) is 0 Å². The molecule has 0 radical (unpaired) electrons. The highest BCUT2D eigenvalue weighted by Crippen LogP contribution is 2.31. The molecule has 0 bridgehead atoms. The maximum atomic E-state index is 12.6. The number of nitrogens with zero attached hydrogens (tertiary/aromatic N) is 1. The summed E-state index contributed by atoms with van der Waals surface area (Å²) in [6.07, 6.45) is -1.45. The molecule has 9 heteroatoms. The molecule has 1 amide bonds. The normalized spacial score (nSPS) is 15.3. The Balaban J connectivity index is 2.13. The van der Waals surface area contributed by atoms with Crippen LogP contribution in [0.1, 0.15) is 23.2 Å². The molecule has 1 aliphatic carbocycles. The number of halogens is 3. The number of sulfonamides is 1. The minimum absolute atomic E-state index is 0.0105. The zero-order valence-corrected chi connectivity index (χ0v) is 13.5. The van der Waals surface area contributed by atoms with Crippen LogP contribution in [0.2, 0.25) is 0 Å². The number of rotatable bonds is 7. The number of benzene rings is 1. The first-order chi connectivity index (χ1) is 11.1. The van der Waals surface area contributed by atoms with Crippen LogP contribution in [-0.2, 0) is 10.0 Å². The van der Waals surface area contributed by atoms with Crippen LogP contribution < -0.4 is 5.32 Å². The number of amides is 1. The van der Waals surface area contributed by atoms with Crippen molar-refractivity contribution < 1.29 is 26.4 Å². The van der Waals surface area contributed by atoms with Gasteiger partial charge >= 0.3 is 6.18 Å². The molecular weight excluding hydrogens is 345 g/mol. The van der Waals surface area contributed by atoms with Crippen molar-refractivity contribution in [2.75, 3.05) is 13.1 Å². The van der Waals surface area contributed by atoms with E-state index in [-0.39, 0.29) is 23.0 Å². The molecule has 5 nitrogen and oxygen atoms in total. The average molecular weight is 362 g/mol. The highest BCUT2D eigenvalue weighted by atomic mass is 32.2. The summed E-state index contributed by atoms with van der Waals surface area (Å²) in [6.45, 7) is 2.28. The monoisotopic (exact) mass is 362 g/mol. The first-order valence-electron chi connectivity index (χ1n) is 7.23. The third-order valence-corrected chi connectivity index (χ3v) is 5.37. The molecule has 1 N–H and O–H groups in total. The summed E-state index contributed by atoms with van der Waals surface area (Å²) in [5.74, 6) is -0.915. The van der Waals surface area contributed by atoms with E-state index in [2.05, 4.69) is 6.58 Å². The first-order valence-corrected chi connectivity index (χ1v) is 8.67. The molecule has 1 aromatic carbocycles. The molecule has 132 valence electrons. The van der Waals surface area contributed by atoms with Crippen molar-refractivity contribution in [3.8, 4) is 0 Å². The molecule has 0 unspecified atom stereocenters. The van der Waals surface area contributed by atoms with Crippen LogP contribution in [-0.4, -0.2) is 43.9 Å². The van der Waals surface area contributed by atoms with Gasteiger partial charge < -0.3 is 5.32 Å². The van der Waals surface area contributed by atoms with Crippen LogP contribution in [0.3, 0.4) is 0 Å². The van der Waals surface area contributed by atoms with Gasteiger partial charge in [-0.3, -0.25) is 4.79 Å². The number of carbonyl (C=O) groups is 1. The van der Waals surface area contributed by atoms with Gasteiger partial charge in [0.1, 0.15) is 6.54 Å². The Kier molecular flexibility index (Phi) is 5.34. The predicted molar refractivity (Wildman–Crippen MR) is 81.9 cm³/mol. The predicted octanol–water partition coefficient (Wildman–Crippen LogP) is 2.32. The van der Waals surface area contributed by atoms with Crippen LogP contribution in [0.5, 0.6) is 0 Å². The molecule has 1 saturated carbocycles. The number of alkyl halides is 3. The molecule has 1 aliphatic rings. The molecular formula is C15H17F3N2O3S. The van der Waals surface area contributed by atoms with Gasteiger partial charge in [-0.15, -0.1) is 6.58 Å². The van der Waals surface area contributed by atoms with E-state index in [9.17, 15) is 26.4 Å². The second-order valence-electron chi connectivity index (χ2n) is 5.42. The maximum absolute atomic E-state index is 12.6. The Labute approximate surface area is 138 Å². The van der Waals surface area contributed by atoms with E-state index >= 15 is 0 Å². The Hall–Kier alpha value is -1.87. The minimum atomic E-state index is -4.51. The lowest BCUT2D eigenvalue weighted by atomic mass is 10.2. The minimum Gasteiger partial charge on any atom is -0.343 e. The summed E-state index contributed by atoms with van der Waals surface area (Å²) < 4.78 is 62.7. The van der Waals surface area contributed by atoms with Crippen molar-refractivity contribution in [1.29, 1.82) is 0 Å². The lowest BCUT2D eigenvalue weighted by molar-refractivity contribution is -0.123. The van der Waals surface area contributed by atoms with Gasteiger partial charge in [-0.25, -0.2) is 8.42 Å². The number of hydrogen-bond donors (Lipinski definition) is 1. The van der Waals surface area contributed by atoms with Crippen LogP contribution in [0.25, 0.3) is 0 Å². The standard InChI is InChI=1S/C15H17F3N2O3S/c1-2-9-20(12-5-6-12)24(22,23)13-7-3-11(4-8-13)14(21)19-10-15(16,17)18/h2-4,7-8,12H,1,5-6,9-10H2,(H,19,21). The molecule has 0 aromatic heterocycles. The Morgan fingerprint density at radius 2 is 1.88 bits per heavy atom. The largest absolute Gasteiger partial charge is 0.405 e. The number of carbonyl (C=O) groups excluding carboxylic acids is 1. The summed E-state index contributed by atoms with van der Waals surface area (Å²) in [6, 6.07) is 4.77. The van der Waals surface area contributed by atoms with E-state index in [4.69, 9.17) is 0 Å². The lowest BCUT2D eigenvalue weighted by Crippen LogP contribution is -2.34. The molecule has 2 rings (SSSR count). The molecule has 24 heavy (non-hydrogen) atoms. The average Bonchev–Trinajstić information content (AvgIpc) is 3.34. The summed E-state index contributed by atoms with van der Waals surface area (Å²) in [5.41, 5.74) is -0.0418. The zero-order valence-electron chi connectivity index (χ0n) is 12.7. The van der Waals surface area contributed by atoms with E-state index in [1.54, 1.807) is 5.32 Å². The first kappa shape index (κ1) is 18.5. The maximum Gasteiger partial charge on any atom is 0.405 e. The molecule has 0 spiro atoms. The van der Waals surface area contributed by atoms with E-state index < -0.39 is 28.7 Å². The van der Waals surface area contributed by atoms with E-state index in [0.717, 1.165) is 12.8 Å². The van der Waals surface area contributed by atoms with Crippen molar-refractivity contribution in [2.24, 2.45) is 0 Å². The van der Waals surface area contributed by atoms with Gasteiger partial charge in [-0.05, 0) is 37.1 Å². The zero-order chi connectivity index (χ0) is 18.0. The molecule has 1 fully saturated rings. The quantitative estimate of drug-likeness (QED) is 0.757. The van der Waals surface area contributed by atoms with Gasteiger partial charge in [0.15, 0.2) is 0 Å². The van der Waals surface area contributed by atoms with Gasteiger partial charge in [0.2, 0.25) is 10.0 Å². The van der Waals surface area contributed by atoms with Gasteiger partial charge in [-0.1, -0.05) is 6.08 Å². The van der Waals surface area contributed by atoms with Gasteiger partial charge in [0.25, 0.3) is 5.91 Å². The fourth-order valence-electron chi connectivity index (χ4n) is 2.13. The molecule has 1 aromatic rings. The van der Waals surface area contributed by atoms with Crippen LogP contribution in [0, 0.1) is 0 Å². The number of nitrogens with one attached hydrogen (secondary N) is 1. The van der Waals surface area contributed by atoms with E-state index in [0.29, 0.717) is 0 Å². The van der Waals surface area contributed by atoms with Gasteiger partial charge in [-0.2, -0.15) is 17.5 Å². The second-order valence-corrected chi connectivity index (χ2v) is 7.31. The van der Waals surface area contributed by atoms with Crippen molar-refractivity contribution in [1.82, 2.24) is 9.62 Å². The van der Waals surface area contributed by atoms with Crippen LogP contribution in [0.4, 0.5) is 13.2 Å². The summed E-state index contributed by atoms with van der Waals surface area (Å²) in [7, 11) is -3.73. The SMILES string of the molecule is C=CCN(C1CC1)S(=O)(=O)c1ccc(C(=O)NCC(F)(F)F)cc1. The number of hydrogen-bond acceptors (Lipinski definition) is 3. The van der Waals surface area contributed by atoms with Gasteiger partial charge in [0, 0.05) is 18.2 Å². The third kappa shape index (κ3) is 4.57. The Morgan fingerprint density at radius 3 is 2.33 bits per heavy atom.